The van der Waals surface area contributed by atoms with Crippen LogP contribution >= 0.6 is 0 Å². The molecular formula is C12H16F3NO3S. The predicted octanol–water partition coefficient (Wildman–Crippen LogP) is 2.03. The number of primary sulfonamides is 1. The van der Waals surface area contributed by atoms with Crippen molar-refractivity contribution in [3.05, 3.63) is 35.9 Å². The normalized spacial score (nSPS) is 14.2. The molecule has 4 nitrogen and oxygen atoms in total. The van der Waals surface area contributed by atoms with Crippen LogP contribution in [0.2, 0.25) is 0 Å². The molecule has 1 rings (SSSR count). The second-order valence-corrected chi connectivity index (χ2v) is 6.04. The first-order valence-corrected chi connectivity index (χ1v) is 7.59. The van der Waals surface area contributed by atoms with Crippen molar-refractivity contribution >= 4 is 10.0 Å². The van der Waals surface area contributed by atoms with E-state index in [0.717, 1.165) is 0 Å². The number of hydrogen-bond donors (Lipinski definition) is 1. The fourth-order valence-electron chi connectivity index (χ4n) is 1.66. The molecular weight excluding hydrogens is 295 g/mol. The maximum atomic E-state index is 12.0. The van der Waals surface area contributed by atoms with E-state index in [2.05, 4.69) is 0 Å². The highest BCUT2D eigenvalue weighted by molar-refractivity contribution is 7.89. The van der Waals surface area contributed by atoms with E-state index >= 15 is 0 Å². The van der Waals surface area contributed by atoms with Gasteiger partial charge in [0.1, 0.15) is 0 Å². The number of rotatable bonds is 7. The van der Waals surface area contributed by atoms with Crippen molar-refractivity contribution in [1.29, 1.82) is 0 Å². The topological polar surface area (TPSA) is 69.4 Å². The van der Waals surface area contributed by atoms with Crippen LogP contribution in [-0.4, -0.2) is 33.6 Å². The lowest BCUT2D eigenvalue weighted by atomic mass is 10.0. The third-order valence-electron chi connectivity index (χ3n) is 2.55. The summed E-state index contributed by atoms with van der Waals surface area (Å²) in [5.41, 5.74) is 0.661. The number of benzene rings is 1. The van der Waals surface area contributed by atoms with Gasteiger partial charge in [-0.25, -0.2) is 13.6 Å². The fourth-order valence-corrected chi connectivity index (χ4v) is 2.51. The van der Waals surface area contributed by atoms with Crippen LogP contribution in [-0.2, 0) is 14.8 Å². The van der Waals surface area contributed by atoms with Gasteiger partial charge in [0.15, 0.2) is 0 Å². The standard InChI is InChI=1S/C12H16F3NO3S/c13-12(14,15)6-7-19-8-11(9-20(16,17)18)10-4-2-1-3-5-10/h1-5,11H,6-9H2,(H2,16,17,18). The molecule has 0 heterocycles. The molecule has 1 atom stereocenters. The monoisotopic (exact) mass is 311 g/mol. The lowest BCUT2D eigenvalue weighted by molar-refractivity contribution is -0.145. The van der Waals surface area contributed by atoms with Crippen LogP contribution in [0.5, 0.6) is 0 Å². The maximum absolute atomic E-state index is 12.0. The summed E-state index contributed by atoms with van der Waals surface area (Å²) in [6, 6.07) is 8.54. The summed E-state index contributed by atoms with van der Waals surface area (Å²) < 4.78 is 63.2. The molecule has 2 N–H and O–H groups in total. The second kappa shape index (κ2) is 7.05. The van der Waals surface area contributed by atoms with Gasteiger partial charge in [-0.15, -0.1) is 0 Å². The van der Waals surface area contributed by atoms with Crippen molar-refractivity contribution in [2.75, 3.05) is 19.0 Å². The molecule has 114 valence electrons. The number of sulfonamides is 1. The second-order valence-electron chi connectivity index (χ2n) is 4.38. The number of hydrogen-bond acceptors (Lipinski definition) is 3. The van der Waals surface area contributed by atoms with E-state index in [1.54, 1.807) is 30.3 Å². The maximum Gasteiger partial charge on any atom is 0.391 e. The van der Waals surface area contributed by atoms with Crippen LogP contribution in [0.25, 0.3) is 0 Å². The molecule has 0 saturated heterocycles. The largest absolute Gasteiger partial charge is 0.391 e. The Morgan fingerprint density at radius 1 is 1.20 bits per heavy atom. The van der Waals surface area contributed by atoms with Crippen molar-refractivity contribution in [3.8, 4) is 0 Å². The van der Waals surface area contributed by atoms with Gasteiger partial charge in [0, 0.05) is 5.92 Å². The summed E-state index contributed by atoms with van der Waals surface area (Å²) in [6.45, 7) is -0.631. The molecule has 1 unspecified atom stereocenters. The minimum Gasteiger partial charge on any atom is -0.380 e. The van der Waals surface area contributed by atoms with Crippen molar-refractivity contribution < 1.29 is 26.3 Å². The van der Waals surface area contributed by atoms with E-state index in [9.17, 15) is 21.6 Å². The summed E-state index contributed by atoms with van der Waals surface area (Å²) in [6.07, 6.45) is -5.36. The molecule has 20 heavy (non-hydrogen) atoms. The zero-order valence-electron chi connectivity index (χ0n) is 10.6. The molecule has 0 fully saturated rings. The summed E-state index contributed by atoms with van der Waals surface area (Å²) in [4.78, 5) is 0. The SMILES string of the molecule is NS(=O)(=O)CC(COCCC(F)(F)F)c1ccccc1. The van der Waals surface area contributed by atoms with Crippen molar-refractivity contribution in [1.82, 2.24) is 0 Å². The third-order valence-corrected chi connectivity index (χ3v) is 3.42. The van der Waals surface area contributed by atoms with Crippen LogP contribution in [0.4, 0.5) is 13.2 Å². The van der Waals surface area contributed by atoms with Crippen LogP contribution in [0, 0.1) is 0 Å². The average molecular weight is 311 g/mol. The van der Waals surface area contributed by atoms with Gasteiger partial charge in [-0.05, 0) is 5.56 Å². The minimum atomic E-state index is -4.29. The molecule has 0 amide bonds. The summed E-state index contributed by atoms with van der Waals surface area (Å²) in [5.74, 6) is -0.956. The lowest BCUT2D eigenvalue weighted by Crippen LogP contribution is -2.25. The first kappa shape index (κ1) is 16.9. The Bertz CT molecular complexity index is 502. The molecule has 0 radical (unpaired) electrons. The highest BCUT2D eigenvalue weighted by Gasteiger charge is 2.27. The quantitative estimate of drug-likeness (QED) is 0.783. The Balaban J connectivity index is 2.61. The molecule has 0 aliphatic heterocycles. The molecule has 0 bridgehead atoms. The van der Waals surface area contributed by atoms with E-state index in [0.29, 0.717) is 5.56 Å². The third kappa shape index (κ3) is 7.46. The van der Waals surface area contributed by atoms with Crippen LogP contribution in [0.1, 0.15) is 17.9 Å². The summed E-state index contributed by atoms with van der Waals surface area (Å²) in [5, 5.41) is 4.98. The Hall–Kier alpha value is -1.12. The average Bonchev–Trinajstić information content (AvgIpc) is 2.31. The molecule has 1 aromatic carbocycles. The van der Waals surface area contributed by atoms with Gasteiger partial charge in [-0.3, -0.25) is 0 Å². The van der Waals surface area contributed by atoms with Crippen molar-refractivity contribution in [2.45, 2.75) is 18.5 Å². The molecule has 0 aliphatic carbocycles. The summed E-state index contributed by atoms with van der Waals surface area (Å²) >= 11 is 0. The number of nitrogens with two attached hydrogens (primary N) is 1. The highest BCUT2D eigenvalue weighted by Crippen LogP contribution is 2.21. The predicted molar refractivity (Wildman–Crippen MR) is 68.6 cm³/mol. The van der Waals surface area contributed by atoms with E-state index in [4.69, 9.17) is 9.88 Å². The Morgan fingerprint density at radius 2 is 1.80 bits per heavy atom. The zero-order valence-corrected chi connectivity index (χ0v) is 11.5. The van der Waals surface area contributed by atoms with Gasteiger partial charge in [-0.1, -0.05) is 30.3 Å². The Labute approximate surface area is 115 Å². The van der Waals surface area contributed by atoms with E-state index < -0.39 is 35.1 Å². The van der Waals surface area contributed by atoms with E-state index in [-0.39, 0.29) is 12.4 Å². The smallest absolute Gasteiger partial charge is 0.380 e. The molecule has 0 aromatic heterocycles. The number of alkyl halides is 3. The van der Waals surface area contributed by atoms with Gasteiger partial charge >= 0.3 is 6.18 Å². The van der Waals surface area contributed by atoms with Gasteiger partial charge in [-0.2, -0.15) is 13.2 Å². The van der Waals surface area contributed by atoms with Gasteiger partial charge in [0.2, 0.25) is 10.0 Å². The fraction of sp³-hybridized carbons (Fsp3) is 0.500. The van der Waals surface area contributed by atoms with Crippen LogP contribution < -0.4 is 5.14 Å². The van der Waals surface area contributed by atoms with Gasteiger partial charge in [0.25, 0.3) is 0 Å². The molecule has 0 spiro atoms. The highest BCUT2D eigenvalue weighted by atomic mass is 32.2. The van der Waals surface area contributed by atoms with Crippen LogP contribution in [0.15, 0.2) is 30.3 Å². The van der Waals surface area contributed by atoms with Gasteiger partial charge < -0.3 is 4.74 Å². The van der Waals surface area contributed by atoms with Gasteiger partial charge in [0.05, 0.1) is 25.4 Å². The molecule has 8 heteroatoms. The van der Waals surface area contributed by atoms with E-state index in [1.807, 2.05) is 0 Å². The first-order valence-electron chi connectivity index (χ1n) is 5.87. The lowest BCUT2D eigenvalue weighted by Gasteiger charge is -2.17. The Kier molecular flexibility index (Phi) is 5.97. The van der Waals surface area contributed by atoms with Crippen molar-refractivity contribution in [2.24, 2.45) is 5.14 Å². The first-order chi connectivity index (χ1) is 9.17. The molecule has 0 saturated carbocycles. The minimum absolute atomic E-state index is 0.128. The number of ether oxygens (including phenoxy) is 1. The molecule has 0 aliphatic rings. The van der Waals surface area contributed by atoms with Crippen LogP contribution in [0.3, 0.4) is 0 Å². The van der Waals surface area contributed by atoms with Crippen molar-refractivity contribution in [3.63, 3.8) is 0 Å². The Morgan fingerprint density at radius 3 is 2.30 bits per heavy atom. The molecule has 1 aromatic rings. The van der Waals surface area contributed by atoms with E-state index in [1.165, 1.54) is 0 Å². The number of halogens is 3. The summed E-state index contributed by atoms with van der Waals surface area (Å²) in [7, 11) is -3.74. The zero-order chi connectivity index (χ0) is 15.2.